The molecule has 0 atom stereocenters. The van der Waals surface area contributed by atoms with Crippen LogP contribution in [0.1, 0.15) is 52.9 Å². The topological polar surface area (TPSA) is 73.2 Å². The highest BCUT2D eigenvalue weighted by Gasteiger charge is 2.23. The lowest BCUT2D eigenvalue weighted by Crippen LogP contribution is -2.35. The van der Waals surface area contributed by atoms with E-state index in [1.807, 2.05) is 31.2 Å². The number of halogens is 1. The van der Waals surface area contributed by atoms with E-state index >= 15 is 0 Å². The third-order valence-corrected chi connectivity index (χ3v) is 5.16. The molecule has 6 nitrogen and oxygen atoms in total. The minimum absolute atomic E-state index is 0.193. The van der Waals surface area contributed by atoms with Crippen LogP contribution in [0.15, 0.2) is 24.3 Å². The molecular formula is C20H24ClN3O3. The van der Waals surface area contributed by atoms with E-state index in [-0.39, 0.29) is 29.3 Å². The van der Waals surface area contributed by atoms with Crippen molar-refractivity contribution in [1.29, 1.82) is 0 Å². The lowest BCUT2D eigenvalue weighted by atomic mass is 10.1. The second-order valence-corrected chi connectivity index (χ2v) is 7.38. The molecule has 3 rings (SSSR count). The van der Waals surface area contributed by atoms with Crippen LogP contribution in [0.5, 0.6) is 0 Å². The summed E-state index contributed by atoms with van der Waals surface area (Å²) >= 11 is 6.36. The second-order valence-electron chi connectivity index (χ2n) is 7.02. The first-order chi connectivity index (χ1) is 12.9. The summed E-state index contributed by atoms with van der Waals surface area (Å²) in [5.41, 5.74) is 2.88. The Kier molecular flexibility index (Phi) is 6.16. The lowest BCUT2D eigenvalue weighted by Gasteiger charge is -2.11. The summed E-state index contributed by atoms with van der Waals surface area (Å²) < 4.78 is 6.72. The number of esters is 1. The molecule has 0 saturated heterocycles. The zero-order valence-corrected chi connectivity index (χ0v) is 16.4. The van der Waals surface area contributed by atoms with Crippen LogP contribution >= 0.6 is 11.6 Å². The van der Waals surface area contributed by atoms with Crippen LogP contribution in [-0.4, -0.2) is 34.3 Å². The van der Waals surface area contributed by atoms with E-state index in [9.17, 15) is 9.59 Å². The van der Waals surface area contributed by atoms with E-state index < -0.39 is 5.97 Å². The molecule has 7 heteroatoms. The summed E-state index contributed by atoms with van der Waals surface area (Å²) in [6.45, 7) is 3.86. The van der Waals surface area contributed by atoms with Gasteiger partial charge in [-0.2, -0.15) is 5.10 Å². The minimum Gasteiger partial charge on any atom is -0.452 e. The van der Waals surface area contributed by atoms with Crippen molar-refractivity contribution in [2.24, 2.45) is 0 Å². The van der Waals surface area contributed by atoms with Gasteiger partial charge >= 0.3 is 5.97 Å². The van der Waals surface area contributed by atoms with Gasteiger partial charge in [-0.3, -0.25) is 4.79 Å². The SMILES string of the molecule is Cc1ccc(Cn2nc(C)c(C(=O)OCC(=O)NC3CCCC3)c2Cl)cc1. The highest BCUT2D eigenvalue weighted by molar-refractivity contribution is 6.32. The van der Waals surface area contributed by atoms with Gasteiger partial charge in [-0.25, -0.2) is 9.48 Å². The number of carbonyl (C=O) groups is 2. The smallest absolute Gasteiger partial charge is 0.343 e. The number of hydrogen-bond acceptors (Lipinski definition) is 4. The van der Waals surface area contributed by atoms with Gasteiger partial charge in [0.2, 0.25) is 0 Å². The summed E-state index contributed by atoms with van der Waals surface area (Å²) in [6, 6.07) is 8.20. The number of benzene rings is 1. The van der Waals surface area contributed by atoms with Crippen molar-refractivity contribution in [2.45, 2.75) is 52.1 Å². The van der Waals surface area contributed by atoms with E-state index in [1.165, 1.54) is 5.56 Å². The molecule has 1 amide bonds. The molecule has 27 heavy (non-hydrogen) atoms. The first kappa shape index (κ1) is 19.4. The van der Waals surface area contributed by atoms with Crippen LogP contribution in [0.25, 0.3) is 0 Å². The average Bonchev–Trinajstić information content (AvgIpc) is 3.23. The van der Waals surface area contributed by atoms with Gasteiger partial charge in [0.05, 0.1) is 12.2 Å². The molecule has 1 aromatic carbocycles. The van der Waals surface area contributed by atoms with Crippen molar-refractivity contribution in [2.75, 3.05) is 6.61 Å². The summed E-state index contributed by atoms with van der Waals surface area (Å²) in [5, 5.41) is 7.45. The molecule has 144 valence electrons. The van der Waals surface area contributed by atoms with Crippen molar-refractivity contribution >= 4 is 23.5 Å². The Morgan fingerprint density at radius 1 is 1.22 bits per heavy atom. The monoisotopic (exact) mass is 389 g/mol. The third-order valence-electron chi connectivity index (χ3n) is 4.78. The van der Waals surface area contributed by atoms with Gasteiger partial charge in [0.15, 0.2) is 6.61 Å². The number of rotatable bonds is 6. The fraction of sp³-hybridized carbons (Fsp3) is 0.450. The van der Waals surface area contributed by atoms with Crippen LogP contribution in [0.4, 0.5) is 0 Å². The zero-order chi connectivity index (χ0) is 19.4. The highest BCUT2D eigenvalue weighted by atomic mass is 35.5. The number of carbonyl (C=O) groups excluding carboxylic acids is 2. The molecule has 2 aromatic rings. The Balaban J connectivity index is 1.61. The van der Waals surface area contributed by atoms with Crippen molar-refractivity contribution in [3.05, 3.63) is 51.8 Å². The van der Waals surface area contributed by atoms with Crippen molar-refractivity contribution in [1.82, 2.24) is 15.1 Å². The van der Waals surface area contributed by atoms with Gasteiger partial charge in [0.25, 0.3) is 5.91 Å². The third kappa shape index (κ3) is 4.89. The van der Waals surface area contributed by atoms with Crippen molar-refractivity contribution in [3.63, 3.8) is 0 Å². The van der Waals surface area contributed by atoms with Crippen LogP contribution in [0.2, 0.25) is 5.15 Å². The predicted octanol–water partition coefficient (Wildman–Crippen LogP) is 3.42. The average molecular weight is 390 g/mol. The maximum Gasteiger partial charge on any atom is 0.343 e. The van der Waals surface area contributed by atoms with Gasteiger partial charge < -0.3 is 10.1 Å². The van der Waals surface area contributed by atoms with E-state index in [1.54, 1.807) is 11.6 Å². The number of nitrogens with one attached hydrogen (secondary N) is 1. The number of ether oxygens (including phenoxy) is 1. The Morgan fingerprint density at radius 3 is 2.56 bits per heavy atom. The Hall–Kier alpha value is -2.34. The largest absolute Gasteiger partial charge is 0.452 e. The van der Waals surface area contributed by atoms with Gasteiger partial charge in [-0.15, -0.1) is 0 Å². The Labute approximate surface area is 163 Å². The van der Waals surface area contributed by atoms with Crippen molar-refractivity contribution in [3.8, 4) is 0 Å². The molecule has 1 N–H and O–H groups in total. The van der Waals surface area contributed by atoms with Crippen LogP contribution in [0.3, 0.4) is 0 Å². The molecule has 0 spiro atoms. The number of aromatic nitrogens is 2. The maximum atomic E-state index is 12.4. The molecule has 1 saturated carbocycles. The summed E-state index contributed by atoms with van der Waals surface area (Å²) in [7, 11) is 0. The standard InChI is InChI=1S/C20H24ClN3O3/c1-13-7-9-15(10-8-13)11-24-19(21)18(14(2)23-24)20(26)27-12-17(25)22-16-5-3-4-6-16/h7-10,16H,3-6,11-12H2,1-2H3,(H,22,25). The maximum absolute atomic E-state index is 12.4. The fourth-order valence-corrected chi connectivity index (χ4v) is 3.61. The highest BCUT2D eigenvalue weighted by Crippen LogP contribution is 2.22. The number of aryl methyl sites for hydroxylation is 2. The van der Waals surface area contributed by atoms with Gasteiger partial charge in [0, 0.05) is 6.04 Å². The number of amides is 1. The first-order valence-electron chi connectivity index (χ1n) is 9.19. The molecule has 1 heterocycles. The van der Waals surface area contributed by atoms with E-state index in [2.05, 4.69) is 10.4 Å². The van der Waals surface area contributed by atoms with Gasteiger partial charge in [-0.05, 0) is 32.3 Å². The minimum atomic E-state index is -0.630. The molecule has 0 bridgehead atoms. The van der Waals surface area contributed by atoms with E-state index in [0.717, 1.165) is 31.2 Å². The number of hydrogen-bond donors (Lipinski definition) is 1. The zero-order valence-electron chi connectivity index (χ0n) is 15.6. The second kappa shape index (κ2) is 8.57. The molecule has 0 unspecified atom stereocenters. The van der Waals surface area contributed by atoms with Crippen molar-refractivity contribution < 1.29 is 14.3 Å². The summed E-state index contributed by atoms with van der Waals surface area (Å²) in [5.74, 6) is -0.912. The van der Waals surface area contributed by atoms with Crippen LogP contribution in [-0.2, 0) is 16.1 Å². The molecule has 1 aliphatic carbocycles. The molecule has 0 aliphatic heterocycles. The van der Waals surface area contributed by atoms with Gasteiger partial charge in [-0.1, -0.05) is 54.3 Å². The normalized spacial score (nSPS) is 14.3. The molecule has 1 aliphatic rings. The first-order valence-corrected chi connectivity index (χ1v) is 9.57. The molecular weight excluding hydrogens is 366 g/mol. The van der Waals surface area contributed by atoms with Gasteiger partial charge in [0.1, 0.15) is 10.7 Å². The van der Waals surface area contributed by atoms with E-state index in [4.69, 9.17) is 16.3 Å². The summed E-state index contributed by atoms with van der Waals surface area (Å²) in [4.78, 5) is 24.3. The molecule has 1 aromatic heterocycles. The lowest BCUT2D eigenvalue weighted by molar-refractivity contribution is -0.124. The molecule has 1 fully saturated rings. The van der Waals surface area contributed by atoms with Crippen LogP contribution < -0.4 is 5.32 Å². The number of nitrogens with zero attached hydrogens (tertiary/aromatic N) is 2. The fourth-order valence-electron chi connectivity index (χ4n) is 3.30. The predicted molar refractivity (Wildman–Crippen MR) is 103 cm³/mol. The Bertz CT molecular complexity index is 824. The van der Waals surface area contributed by atoms with E-state index in [0.29, 0.717) is 12.2 Å². The van der Waals surface area contributed by atoms with Crippen LogP contribution in [0, 0.1) is 13.8 Å². The molecule has 0 radical (unpaired) electrons. The Morgan fingerprint density at radius 2 is 1.89 bits per heavy atom. The quantitative estimate of drug-likeness (QED) is 0.768. The summed E-state index contributed by atoms with van der Waals surface area (Å²) in [6.07, 6.45) is 4.21.